The second kappa shape index (κ2) is 9.88. The van der Waals surface area contributed by atoms with Gasteiger partial charge in [0, 0.05) is 6.42 Å². The maximum atomic E-state index is 11.2. The molecule has 0 saturated heterocycles. The molecule has 2 nitrogen and oxygen atoms in total. The van der Waals surface area contributed by atoms with Gasteiger partial charge in [-0.1, -0.05) is 51.1 Å². The predicted molar refractivity (Wildman–Crippen MR) is 71.9 cm³/mol. The molecular weight excluding hydrogens is 212 g/mol. The van der Waals surface area contributed by atoms with E-state index in [1.165, 1.54) is 5.56 Å². The van der Waals surface area contributed by atoms with Gasteiger partial charge >= 0.3 is 5.97 Å². The first kappa shape index (κ1) is 15.7. The molecule has 1 atom stereocenters. The van der Waals surface area contributed by atoms with Crippen LogP contribution in [0.25, 0.3) is 0 Å². The molecular formula is C15H24O2. The number of esters is 1. The van der Waals surface area contributed by atoms with E-state index in [4.69, 9.17) is 4.74 Å². The lowest BCUT2D eigenvalue weighted by atomic mass is 9.98. The summed E-state index contributed by atoms with van der Waals surface area (Å²) < 4.78 is 4.91. The standard InChI is InChI=1S/C13H18O2.C2H6/c1-3-15-13(14)10-11(2)9-12-7-5-4-6-8-12;1-2/h4-8,11H,3,9-10H2,1-2H3;1-2H3. The van der Waals surface area contributed by atoms with Gasteiger partial charge in [0.05, 0.1) is 6.61 Å². The van der Waals surface area contributed by atoms with Crippen molar-refractivity contribution in [1.82, 2.24) is 0 Å². The second-order valence-corrected chi connectivity index (χ2v) is 3.80. The number of carbonyl (C=O) groups is 1. The van der Waals surface area contributed by atoms with Crippen LogP contribution in [-0.2, 0) is 16.0 Å². The largest absolute Gasteiger partial charge is 0.466 e. The summed E-state index contributed by atoms with van der Waals surface area (Å²) in [4.78, 5) is 11.2. The van der Waals surface area contributed by atoms with Crippen molar-refractivity contribution in [2.45, 2.75) is 40.5 Å². The highest BCUT2D eigenvalue weighted by molar-refractivity contribution is 5.69. The molecule has 0 aliphatic carbocycles. The Morgan fingerprint density at radius 2 is 1.82 bits per heavy atom. The van der Waals surface area contributed by atoms with E-state index in [0.29, 0.717) is 18.9 Å². The molecule has 96 valence electrons. The molecule has 0 radical (unpaired) electrons. The van der Waals surface area contributed by atoms with Crippen LogP contribution in [0.15, 0.2) is 30.3 Å². The van der Waals surface area contributed by atoms with Crippen LogP contribution in [0.3, 0.4) is 0 Å². The molecule has 1 rings (SSSR count). The Kier molecular flexibility index (Phi) is 9.12. The average Bonchev–Trinajstić information content (AvgIpc) is 2.33. The van der Waals surface area contributed by atoms with Crippen molar-refractivity contribution in [2.75, 3.05) is 6.61 Å². The van der Waals surface area contributed by atoms with Crippen LogP contribution in [-0.4, -0.2) is 12.6 Å². The van der Waals surface area contributed by atoms with Gasteiger partial charge < -0.3 is 4.74 Å². The third kappa shape index (κ3) is 7.56. The summed E-state index contributed by atoms with van der Waals surface area (Å²) in [6.07, 6.45) is 1.43. The fourth-order valence-electron chi connectivity index (χ4n) is 1.59. The Balaban J connectivity index is 0.00000121. The number of benzene rings is 1. The minimum atomic E-state index is -0.0964. The van der Waals surface area contributed by atoms with Crippen LogP contribution in [0.2, 0.25) is 0 Å². The van der Waals surface area contributed by atoms with Crippen molar-refractivity contribution in [3.8, 4) is 0 Å². The molecule has 1 aromatic carbocycles. The third-order valence-electron chi connectivity index (χ3n) is 2.25. The Morgan fingerprint density at radius 3 is 2.35 bits per heavy atom. The summed E-state index contributed by atoms with van der Waals surface area (Å²) in [6, 6.07) is 10.2. The molecule has 0 aliphatic heterocycles. The van der Waals surface area contributed by atoms with Gasteiger partial charge in [0.25, 0.3) is 0 Å². The fraction of sp³-hybridized carbons (Fsp3) is 0.533. The zero-order chi connectivity index (χ0) is 13.1. The molecule has 0 N–H and O–H groups in total. The van der Waals surface area contributed by atoms with E-state index in [1.54, 1.807) is 0 Å². The maximum absolute atomic E-state index is 11.2. The summed E-state index contributed by atoms with van der Waals surface area (Å²) in [5.41, 5.74) is 1.27. The molecule has 17 heavy (non-hydrogen) atoms. The highest BCUT2D eigenvalue weighted by Gasteiger charge is 2.10. The Bertz CT molecular complexity index is 293. The maximum Gasteiger partial charge on any atom is 0.306 e. The van der Waals surface area contributed by atoms with Crippen molar-refractivity contribution in [3.63, 3.8) is 0 Å². The van der Waals surface area contributed by atoms with Crippen LogP contribution < -0.4 is 0 Å². The topological polar surface area (TPSA) is 26.3 Å². The minimum Gasteiger partial charge on any atom is -0.466 e. The van der Waals surface area contributed by atoms with Gasteiger partial charge in [0.15, 0.2) is 0 Å². The molecule has 0 heterocycles. The van der Waals surface area contributed by atoms with Gasteiger partial charge in [0.1, 0.15) is 0 Å². The summed E-state index contributed by atoms with van der Waals surface area (Å²) >= 11 is 0. The van der Waals surface area contributed by atoms with E-state index in [0.717, 1.165) is 6.42 Å². The van der Waals surface area contributed by atoms with Crippen LogP contribution >= 0.6 is 0 Å². The van der Waals surface area contributed by atoms with Gasteiger partial charge in [-0.15, -0.1) is 0 Å². The fourth-order valence-corrected chi connectivity index (χ4v) is 1.59. The number of ether oxygens (including phenoxy) is 1. The molecule has 0 fully saturated rings. The lowest BCUT2D eigenvalue weighted by Crippen LogP contribution is -2.11. The van der Waals surface area contributed by atoms with E-state index in [-0.39, 0.29) is 5.97 Å². The van der Waals surface area contributed by atoms with Crippen molar-refractivity contribution < 1.29 is 9.53 Å². The quantitative estimate of drug-likeness (QED) is 0.726. The normalized spacial score (nSPS) is 11.1. The molecule has 0 bridgehead atoms. The van der Waals surface area contributed by atoms with Gasteiger partial charge in [-0.3, -0.25) is 4.79 Å². The molecule has 0 aliphatic rings. The summed E-state index contributed by atoms with van der Waals surface area (Å²) in [6.45, 7) is 8.38. The zero-order valence-corrected chi connectivity index (χ0v) is 11.4. The first-order chi connectivity index (χ1) is 8.22. The van der Waals surface area contributed by atoms with Crippen molar-refractivity contribution in [2.24, 2.45) is 5.92 Å². The lowest BCUT2D eigenvalue weighted by molar-refractivity contribution is -0.144. The van der Waals surface area contributed by atoms with E-state index in [2.05, 4.69) is 19.1 Å². The molecule has 1 aromatic rings. The van der Waals surface area contributed by atoms with Crippen molar-refractivity contribution >= 4 is 5.97 Å². The average molecular weight is 236 g/mol. The SMILES string of the molecule is CC.CCOC(=O)CC(C)Cc1ccccc1. The van der Waals surface area contributed by atoms with Crippen LogP contribution in [0, 0.1) is 5.92 Å². The molecule has 2 heteroatoms. The number of carbonyl (C=O) groups excluding carboxylic acids is 1. The Morgan fingerprint density at radius 1 is 1.24 bits per heavy atom. The van der Waals surface area contributed by atoms with Gasteiger partial charge in [-0.25, -0.2) is 0 Å². The minimum absolute atomic E-state index is 0.0964. The lowest BCUT2D eigenvalue weighted by Gasteiger charge is -2.10. The Labute approximate surface area is 105 Å². The van der Waals surface area contributed by atoms with Gasteiger partial charge in [-0.2, -0.15) is 0 Å². The summed E-state index contributed by atoms with van der Waals surface area (Å²) in [7, 11) is 0. The third-order valence-corrected chi connectivity index (χ3v) is 2.25. The smallest absolute Gasteiger partial charge is 0.306 e. The molecule has 0 aromatic heterocycles. The molecule has 0 saturated carbocycles. The first-order valence-electron chi connectivity index (χ1n) is 6.42. The highest BCUT2D eigenvalue weighted by atomic mass is 16.5. The van der Waals surface area contributed by atoms with Crippen LogP contribution in [0.1, 0.15) is 39.7 Å². The predicted octanol–water partition coefficient (Wildman–Crippen LogP) is 3.84. The monoisotopic (exact) mass is 236 g/mol. The summed E-state index contributed by atoms with van der Waals surface area (Å²) in [5, 5.41) is 0. The highest BCUT2D eigenvalue weighted by Crippen LogP contribution is 2.12. The van der Waals surface area contributed by atoms with E-state index in [1.807, 2.05) is 39.0 Å². The molecule has 0 spiro atoms. The number of hydrogen-bond acceptors (Lipinski definition) is 2. The number of hydrogen-bond donors (Lipinski definition) is 0. The number of rotatable bonds is 5. The van der Waals surface area contributed by atoms with Gasteiger partial charge in [-0.05, 0) is 24.8 Å². The Hall–Kier alpha value is -1.31. The van der Waals surface area contributed by atoms with Crippen molar-refractivity contribution in [3.05, 3.63) is 35.9 Å². The van der Waals surface area contributed by atoms with E-state index < -0.39 is 0 Å². The second-order valence-electron chi connectivity index (χ2n) is 3.80. The first-order valence-corrected chi connectivity index (χ1v) is 6.42. The van der Waals surface area contributed by atoms with Crippen LogP contribution in [0.4, 0.5) is 0 Å². The zero-order valence-electron chi connectivity index (χ0n) is 11.4. The molecule has 1 unspecified atom stereocenters. The van der Waals surface area contributed by atoms with E-state index in [9.17, 15) is 4.79 Å². The summed E-state index contributed by atoms with van der Waals surface area (Å²) in [5.74, 6) is 0.243. The van der Waals surface area contributed by atoms with Gasteiger partial charge in [0.2, 0.25) is 0 Å². The molecule has 0 amide bonds. The van der Waals surface area contributed by atoms with Crippen molar-refractivity contribution in [1.29, 1.82) is 0 Å². The van der Waals surface area contributed by atoms with Crippen LogP contribution in [0.5, 0.6) is 0 Å². The van der Waals surface area contributed by atoms with E-state index >= 15 is 0 Å².